The van der Waals surface area contributed by atoms with Gasteiger partial charge in [0.1, 0.15) is 11.5 Å². The van der Waals surface area contributed by atoms with Gasteiger partial charge >= 0.3 is 0 Å². The average molecular weight is 364 g/mol. The molecule has 2 unspecified atom stereocenters. The zero-order valence-corrected chi connectivity index (χ0v) is 16.1. The Kier molecular flexibility index (Phi) is 4.05. The Bertz CT molecular complexity index is 1080. The monoisotopic (exact) mass is 364 g/mol. The van der Waals surface area contributed by atoms with E-state index in [0.29, 0.717) is 11.8 Å². The van der Waals surface area contributed by atoms with Gasteiger partial charge < -0.3 is 0 Å². The molecule has 8 heteroatoms. The van der Waals surface area contributed by atoms with Gasteiger partial charge in [-0.3, -0.25) is 20.2 Å². The highest BCUT2D eigenvalue weighted by Crippen LogP contribution is 2.54. The first-order valence-corrected chi connectivity index (χ1v) is 9.16. The van der Waals surface area contributed by atoms with Crippen LogP contribution in [0.25, 0.3) is 11.4 Å². The molecular weight excluding hydrogens is 340 g/mol. The summed E-state index contributed by atoms with van der Waals surface area (Å²) in [4.78, 5) is 0. The molecule has 27 heavy (non-hydrogen) atoms. The molecule has 0 spiro atoms. The minimum absolute atomic E-state index is 0.225. The Morgan fingerprint density at radius 1 is 1.26 bits per heavy atom. The zero-order valence-electron chi connectivity index (χ0n) is 16.1. The molecule has 3 aromatic rings. The Labute approximate surface area is 157 Å². The summed E-state index contributed by atoms with van der Waals surface area (Å²) in [5.41, 5.74) is 4.99. The smallest absolute Gasteiger partial charge is 0.151 e. The van der Waals surface area contributed by atoms with Gasteiger partial charge in [0, 0.05) is 25.7 Å². The molecule has 8 nitrogen and oxygen atoms in total. The molecule has 4 rings (SSSR count). The number of aromatic nitrogens is 6. The summed E-state index contributed by atoms with van der Waals surface area (Å²) in [5, 5.41) is 29.5. The van der Waals surface area contributed by atoms with Gasteiger partial charge in [-0.1, -0.05) is 0 Å². The van der Waals surface area contributed by atoms with E-state index in [0.717, 1.165) is 35.6 Å². The van der Waals surface area contributed by atoms with Crippen LogP contribution in [-0.4, -0.2) is 35.2 Å². The molecule has 140 valence electrons. The fourth-order valence-electron chi connectivity index (χ4n) is 3.54. The first-order chi connectivity index (χ1) is 12.9. The molecule has 0 aliphatic heterocycles. The number of nitrogens with zero attached hydrogens (tertiary/aromatic N) is 6. The fourth-order valence-corrected chi connectivity index (χ4v) is 3.54. The second kappa shape index (κ2) is 6.29. The molecule has 1 aliphatic carbocycles. The number of nitrogens with one attached hydrogen (secondary N) is 2. The van der Waals surface area contributed by atoms with Crippen LogP contribution in [0.4, 0.5) is 0 Å². The van der Waals surface area contributed by atoms with Crippen LogP contribution in [0.15, 0.2) is 24.5 Å². The SMILES string of the molecule is CCn1cc(C2CC2c2cc(-c3cc(C)c(=N)n(C(C)=N)n3)n(C)n2)cn1. The fraction of sp³-hybridized carbons (Fsp3) is 0.421. The molecule has 0 amide bonds. The molecule has 1 aliphatic rings. The van der Waals surface area contributed by atoms with E-state index in [1.165, 1.54) is 10.2 Å². The molecule has 3 aromatic heterocycles. The second-order valence-corrected chi connectivity index (χ2v) is 7.21. The Balaban J connectivity index is 1.65. The summed E-state index contributed by atoms with van der Waals surface area (Å²) >= 11 is 0. The molecular formula is C19H24N8. The maximum absolute atomic E-state index is 8.09. The van der Waals surface area contributed by atoms with Crippen LogP contribution in [0, 0.1) is 17.7 Å². The lowest BCUT2D eigenvalue weighted by atomic mass is 10.1. The third kappa shape index (κ3) is 3.01. The zero-order chi connectivity index (χ0) is 19.3. The number of aryl methyl sites for hydroxylation is 3. The molecule has 0 radical (unpaired) electrons. The topological polar surface area (TPSA) is 101 Å². The van der Waals surface area contributed by atoms with Crippen LogP contribution < -0.4 is 5.49 Å². The quantitative estimate of drug-likeness (QED) is 0.549. The van der Waals surface area contributed by atoms with Crippen molar-refractivity contribution in [2.24, 2.45) is 7.05 Å². The van der Waals surface area contributed by atoms with Crippen molar-refractivity contribution < 1.29 is 0 Å². The van der Waals surface area contributed by atoms with E-state index >= 15 is 0 Å². The van der Waals surface area contributed by atoms with Crippen molar-refractivity contribution in [2.75, 3.05) is 0 Å². The number of hydrogen-bond acceptors (Lipinski definition) is 5. The highest BCUT2D eigenvalue weighted by atomic mass is 15.3. The van der Waals surface area contributed by atoms with E-state index in [2.05, 4.69) is 29.4 Å². The molecule has 3 heterocycles. The summed E-state index contributed by atoms with van der Waals surface area (Å²) < 4.78 is 5.16. The van der Waals surface area contributed by atoms with Crippen LogP contribution >= 0.6 is 0 Å². The standard InChI is InChI=1S/C19H24N8/c1-5-26-10-13(9-22-26)14-7-15(14)16-8-18(25(4)23-16)17-6-11(2)19(21)27(24-17)12(3)20/h6,8-10,14-15,20-21H,5,7H2,1-4H3. The Hall–Kier alpha value is -3.03. The Morgan fingerprint density at radius 2 is 2.04 bits per heavy atom. The summed E-state index contributed by atoms with van der Waals surface area (Å²) in [6.07, 6.45) is 5.18. The van der Waals surface area contributed by atoms with Gasteiger partial charge in [0.25, 0.3) is 0 Å². The van der Waals surface area contributed by atoms with Crippen molar-refractivity contribution in [1.29, 1.82) is 10.8 Å². The van der Waals surface area contributed by atoms with Crippen LogP contribution in [0.1, 0.15) is 48.9 Å². The lowest BCUT2D eigenvalue weighted by molar-refractivity contribution is 0.659. The summed E-state index contributed by atoms with van der Waals surface area (Å²) in [5.74, 6) is 1.11. The van der Waals surface area contributed by atoms with E-state index in [1.807, 2.05) is 35.6 Å². The third-order valence-electron chi connectivity index (χ3n) is 5.20. The summed E-state index contributed by atoms with van der Waals surface area (Å²) in [6.45, 7) is 6.47. The molecule has 0 bridgehead atoms. The van der Waals surface area contributed by atoms with E-state index in [4.69, 9.17) is 15.9 Å². The second-order valence-electron chi connectivity index (χ2n) is 7.21. The first kappa shape index (κ1) is 17.4. The van der Waals surface area contributed by atoms with Crippen molar-refractivity contribution in [3.05, 3.63) is 46.8 Å². The van der Waals surface area contributed by atoms with Gasteiger partial charge in [-0.15, -0.1) is 0 Å². The normalized spacial score (nSPS) is 18.7. The first-order valence-electron chi connectivity index (χ1n) is 9.16. The molecule has 2 N–H and O–H groups in total. The van der Waals surface area contributed by atoms with Crippen molar-refractivity contribution >= 4 is 5.84 Å². The predicted octanol–water partition coefficient (Wildman–Crippen LogP) is 2.40. The lowest BCUT2D eigenvalue weighted by Crippen LogP contribution is -2.29. The van der Waals surface area contributed by atoms with Crippen LogP contribution in [0.2, 0.25) is 0 Å². The van der Waals surface area contributed by atoms with Crippen LogP contribution in [0.3, 0.4) is 0 Å². The maximum atomic E-state index is 8.09. The van der Waals surface area contributed by atoms with E-state index < -0.39 is 0 Å². The van der Waals surface area contributed by atoms with E-state index in [-0.39, 0.29) is 11.3 Å². The van der Waals surface area contributed by atoms with Crippen LogP contribution in [0.5, 0.6) is 0 Å². The predicted molar refractivity (Wildman–Crippen MR) is 102 cm³/mol. The van der Waals surface area contributed by atoms with Gasteiger partial charge in [-0.25, -0.2) is 4.68 Å². The van der Waals surface area contributed by atoms with Gasteiger partial charge in [-0.05, 0) is 56.4 Å². The third-order valence-corrected chi connectivity index (χ3v) is 5.20. The van der Waals surface area contributed by atoms with E-state index in [9.17, 15) is 0 Å². The minimum atomic E-state index is 0.225. The maximum Gasteiger partial charge on any atom is 0.151 e. The largest absolute Gasteiger partial charge is 0.287 e. The highest BCUT2D eigenvalue weighted by Gasteiger charge is 2.42. The Morgan fingerprint density at radius 3 is 2.70 bits per heavy atom. The van der Waals surface area contributed by atoms with Gasteiger partial charge in [0.15, 0.2) is 5.49 Å². The molecule has 1 saturated carbocycles. The lowest BCUT2D eigenvalue weighted by Gasteiger charge is -2.08. The van der Waals surface area contributed by atoms with Crippen molar-refractivity contribution in [2.45, 2.75) is 45.6 Å². The van der Waals surface area contributed by atoms with Gasteiger partial charge in [0.2, 0.25) is 0 Å². The number of rotatable bonds is 4. The van der Waals surface area contributed by atoms with Crippen molar-refractivity contribution in [1.82, 2.24) is 29.3 Å². The highest BCUT2D eigenvalue weighted by molar-refractivity contribution is 5.78. The van der Waals surface area contributed by atoms with Gasteiger partial charge in [0.05, 0.1) is 17.6 Å². The molecule has 0 saturated heterocycles. The van der Waals surface area contributed by atoms with Crippen molar-refractivity contribution in [3.63, 3.8) is 0 Å². The van der Waals surface area contributed by atoms with Crippen molar-refractivity contribution in [3.8, 4) is 11.4 Å². The molecule has 1 fully saturated rings. The van der Waals surface area contributed by atoms with Crippen LogP contribution in [-0.2, 0) is 13.6 Å². The average Bonchev–Trinajstić information content (AvgIpc) is 3.11. The minimum Gasteiger partial charge on any atom is -0.287 e. The number of hydrogen-bond donors (Lipinski definition) is 2. The summed E-state index contributed by atoms with van der Waals surface area (Å²) in [7, 11) is 1.92. The van der Waals surface area contributed by atoms with E-state index in [1.54, 1.807) is 6.92 Å². The summed E-state index contributed by atoms with van der Waals surface area (Å²) in [6, 6.07) is 3.97. The van der Waals surface area contributed by atoms with Gasteiger partial charge in [-0.2, -0.15) is 15.3 Å². The molecule has 2 atom stereocenters. The molecule has 0 aromatic carbocycles.